The van der Waals surface area contributed by atoms with Crippen LogP contribution < -0.4 is 0 Å². The van der Waals surface area contributed by atoms with E-state index in [9.17, 15) is 18.0 Å². The molecule has 7 nitrogen and oxygen atoms in total. The summed E-state index contributed by atoms with van der Waals surface area (Å²) < 4.78 is 24.6. The number of amides is 1. The average Bonchev–Trinajstić information content (AvgIpc) is 2.53. The van der Waals surface area contributed by atoms with Gasteiger partial charge in [-0.3, -0.25) is 9.59 Å². The predicted octanol–water partition coefficient (Wildman–Crippen LogP) is 0.760. The standard InChI is InChI=1S/C15H26N2O5S/c1-16(23(2,21)22)13-6-8-17(9-7-13)14(18)11-4-3-5-12(10-11)15(19)20/h11-13H,3-10H2,1-2H3,(H,19,20). The highest BCUT2D eigenvalue weighted by atomic mass is 32.2. The number of likely N-dealkylation sites (tertiary alicyclic amines) is 1. The van der Waals surface area contributed by atoms with Crippen molar-refractivity contribution >= 4 is 21.9 Å². The maximum atomic E-state index is 12.6. The van der Waals surface area contributed by atoms with Crippen molar-refractivity contribution in [1.82, 2.24) is 9.21 Å². The van der Waals surface area contributed by atoms with Gasteiger partial charge in [0.05, 0.1) is 12.2 Å². The molecule has 0 aromatic rings. The first-order valence-corrected chi connectivity index (χ1v) is 9.99. The Morgan fingerprint density at radius 3 is 2.17 bits per heavy atom. The van der Waals surface area contributed by atoms with Gasteiger partial charge in [0, 0.05) is 32.1 Å². The zero-order valence-electron chi connectivity index (χ0n) is 13.8. The summed E-state index contributed by atoms with van der Waals surface area (Å²) in [5, 5.41) is 9.13. The number of piperidine rings is 1. The van der Waals surface area contributed by atoms with Gasteiger partial charge in [-0.05, 0) is 32.1 Å². The number of carboxylic acids is 1. The summed E-state index contributed by atoms with van der Waals surface area (Å²) in [7, 11) is -1.63. The minimum atomic E-state index is -3.21. The largest absolute Gasteiger partial charge is 0.481 e. The first kappa shape index (κ1) is 18.2. The summed E-state index contributed by atoms with van der Waals surface area (Å²) in [4.78, 5) is 25.5. The number of rotatable bonds is 4. The maximum Gasteiger partial charge on any atom is 0.306 e. The van der Waals surface area contributed by atoms with E-state index < -0.39 is 21.9 Å². The highest BCUT2D eigenvalue weighted by Crippen LogP contribution is 2.31. The minimum absolute atomic E-state index is 0.0383. The van der Waals surface area contributed by atoms with Gasteiger partial charge in [0.2, 0.25) is 15.9 Å². The smallest absolute Gasteiger partial charge is 0.306 e. The topological polar surface area (TPSA) is 95.0 Å². The van der Waals surface area contributed by atoms with E-state index in [4.69, 9.17) is 5.11 Å². The number of nitrogens with zero attached hydrogens (tertiary/aromatic N) is 2. The van der Waals surface area contributed by atoms with E-state index in [1.807, 2.05) is 0 Å². The fourth-order valence-electron chi connectivity index (χ4n) is 3.62. The van der Waals surface area contributed by atoms with E-state index in [0.717, 1.165) is 12.8 Å². The number of hydrogen-bond donors (Lipinski definition) is 1. The fraction of sp³-hybridized carbons (Fsp3) is 0.867. The van der Waals surface area contributed by atoms with Crippen LogP contribution >= 0.6 is 0 Å². The van der Waals surface area contributed by atoms with Gasteiger partial charge in [0.25, 0.3) is 0 Å². The van der Waals surface area contributed by atoms with Crippen LogP contribution in [0.4, 0.5) is 0 Å². The van der Waals surface area contributed by atoms with Gasteiger partial charge in [-0.15, -0.1) is 0 Å². The van der Waals surface area contributed by atoms with Gasteiger partial charge in [0.15, 0.2) is 0 Å². The molecule has 2 atom stereocenters. The van der Waals surface area contributed by atoms with E-state index in [1.54, 1.807) is 11.9 Å². The van der Waals surface area contributed by atoms with Crippen LogP contribution in [-0.4, -0.2) is 67.0 Å². The van der Waals surface area contributed by atoms with Crippen molar-refractivity contribution in [3.05, 3.63) is 0 Å². The average molecular weight is 346 g/mol. The van der Waals surface area contributed by atoms with Crippen molar-refractivity contribution in [3.8, 4) is 0 Å². The van der Waals surface area contributed by atoms with Gasteiger partial charge in [-0.25, -0.2) is 12.7 Å². The second kappa shape index (κ2) is 7.17. The SMILES string of the molecule is CN(C1CCN(C(=O)C2CCCC(C(=O)O)C2)CC1)S(C)(=O)=O. The van der Waals surface area contributed by atoms with E-state index in [0.29, 0.717) is 38.8 Å². The minimum Gasteiger partial charge on any atom is -0.481 e. The summed E-state index contributed by atoms with van der Waals surface area (Å²) in [5.74, 6) is -1.38. The maximum absolute atomic E-state index is 12.6. The molecular weight excluding hydrogens is 320 g/mol. The van der Waals surface area contributed by atoms with Crippen LogP contribution in [-0.2, 0) is 19.6 Å². The molecule has 1 N–H and O–H groups in total. The second-order valence-electron chi connectivity index (χ2n) is 6.73. The summed E-state index contributed by atoms with van der Waals surface area (Å²) in [5.41, 5.74) is 0. The van der Waals surface area contributed by atoms with Crippen LogP contribution in [0.25, 0.3) is 0 Å². The third-order valence-electron chi connectivity index (χ3n) is 5.19. The van der Waals surface area contributed by atoms with Crippen LogP contribution in [0.2, 0.25) is 0 Å². The van der Waals surface area contributed by atoms with Crippen molar-refractivity contribution in [1.29, 1.82) is 0 Å². The van der Waals surface area contributed by atoms with Crippen LogP contribution in [0.5, 0.6) is 0 Å². The number of carbonyl (C=O) groups is 2. The molecule has 2 aliphatic rings. The van der Waals surface area contributed by atoms with Gasteiger partial charge in [0.1, 0.15) is 0 Å². The predicted molar refractivity (Wildman–Crippen MR) is 85.3 cm³/mol. The molecule has 0 aromatic carbocycles. The number of hydrogen-bond acceptors (Lipinski definition) is 4. The summed E-state index contributed by atoms with van der Waals surface area (Å²) in [6.07, 6.45) is 5.07. The van der Waals surface area contributed by atoms with Gasteiger partial charge in [-0.1, -0.05) is 6.42 Å². The van der Waals surface area contributed by atoms with Crippen molar-refractivity contribution < 1.29 is 23.1 Å². The molecule has 23 heavy (non-hydrogen) atoms. The monoisotopic (exact) mass is 346 g/mol. The van der Waals surface area contributed by atoms with Gasteiger partial charge >= 0.3 is 5.97 Å². The number of carbonyl (C=O) groups excluding carboxylic acids is 1. The van der Waals surface area contributed by atoms with Crippen molar-refractivity contribution in [2.75, 3.05) is 26.4 Å². The van der Waals surface area contributed by atoms with Crippen LogP contribution in [0.3, 0.4) is 0 Å². The summed E-state index contributed by atoms with van der Waals surface area (Å²) in [6.45, 7) is 1.08. The van der Waals surface area contributed by atoms with Gasteiger partial charge < -0.3 is 10.0 Å². The van der Waals surface area contributed by atoms with Crippen LogP contribution in [0.15, 0.2) is 0 Å². The Bertz CT molecular complexity index is 554. The Morgan fingerprint density at radius 1 is 1.09 bits per heavy atom. The zero-order valence-corrected chi connectivity index (χ0v) is 14.6. The molecule has 1 saturated carbocycles. The Kier molecular flexibility index (Phi) is 5.67. The molecule has 8 heteroatoms. The molecule has 0 radical (unpaired) electrons. The first-order chi connectivity index (χ1) is 10.7. The molecule has 2 rings (SSSR count). The quantitative estimate of drug-likeness (QED) is 0.811. The highest BCUT2D eigenvalue weighted by molar-refractivity contribution is 7.88. The highest BCUT2D eigenvalue weighted by Gasteiger charge is 2.35. The molecule has 1 aliphatic heterocycles. The fourth-order valence-corrected chi connectivity index (χ4v) is 4.37. The molecule has 0 aromatic heterocycles. The summed E-state index contributed by atoms with van der Waals surface area (Å²) >= 11 is 0. The molecular formula is C15H26N2O5S. The lowest BCUT2D eigenvalue weighted by Gasteiger charge is -2.38. The first-order valence-electron chi connectivity index (χ1n) is 8.14. The summed E-state index contributed by atoms with van der Waals surface area (Å²) in [6, 6.07) is -0.0628. The van der Waals surface area contributed by atoms with Crippen molar-refractivity contribution in [3.63, 3.8) is 0 Å². The normalized spacial score (nSPS) is 27.2. The lowest BCUT2D eigenvalue weighted by Crippen LogP contribution is -2.49. The second-order valence-corrected chi connectivity index (χ2v) is 8.78. The molecule has 2 unspecified atom stereocenters. The van der Waals surface area contributed by atoms with Crippen molar-refractivity contribution in [2.45, 2.75) is 44.6 Å². The molecule has 0 bridgehead atoms. The third kappa shape index (κ3) is 4.44. The zero-order chi connectivity index (χ0) is 17.2. The number of sulfonamides is 1. The Morgan fingerprint density at radius 2 is 1.65 bits per heavy atom. The lowest BCUT2D eigenvalue weighted by atomic mass is 9.80. The molecule has 1 amide bonds. The molecule has 1 saturated heterocycles. The molecule has 2 fully saturated rings. The molecule has 1 heterocycles. The number of aliphatic carboxylic acids is 1. The Hall–Kier alpha value is -1.15. The van der Waals surface area contributed by atoms with E-state index >= 15 is 0 Å². The van der Waals surface area contributed by atoms with E-state index in [-0.39, 0.29) is 17.9 Å². The molecule has 1 aliphatic carbocycles. The molecule has 132 valence electrons. The van der Waals surface area contributed by atoms with Crippen molar-refractivity contribution in [2.24, 2.45) is 11.8 Å². The van der Waals surface area contributed by atoms with Gasteiger partial charge in [-0.2, -0.15) is 0 Å². The number of carboxylic acid groups (broad SMARTS) is 1. The Labute approximate surface area is 137 Å². The van der Waals surface area contributed by atoms with E-state index in [1.165, 1.54) is 10.6 Å². The lowest BCUT2D eigenvalue weighted by molar-refractivity contribution is -0.145. The van der Waals surface area contributed by atoms with E-state index in [2.05, 4.69) is 0 Å². The van der Waals surface area contributed by atoms with Crippen LogP contribution in [0.1, 0.15) is 38.5 Å². The third-order valence-corrected chi connectivity index (χ3v) is 6.53. The Balaban J connectivity index is 1.90. The van der Waals surface area contributed by atoms with Crippen LogP contribution in [0, 0.1) is 11.8 Å². The molecule has 0 spiro atoms.